The van der Waals surface area contributed by atoms with Gasteiger partial charge in [-0.25, -0.2) is 0 Å². The minimum Gasteiger partial charge on any atom is -0.472 e. The van der Waals surface area contributed by atoms with E-state index in [2.05, 4.69) is 4.98 Å². The van der Waals surface area contributed by atoms with Crippen molar-refractivity contribution in [3.63, 3.8) is 0 Å². The van der Waals surface area contributed by atoms with E-state index in [0.29, 0.717) is 13.0 Å². The van der Waals surface area contributed by atoms with E-state index in [9.17, 15) is 10.1 Å². The van der Waals surface area contributed by atoms with E-state index in [1.807, 2.05) is 30.3 Å². The van der Waals surface area contributed by atoms with Crippen LogP contribution in [0.25, 0.3) is 0 Å². The summed E-state index contributed by atoms with van der Waals surface area (Å²) in [6.07, 6.45) is 0.645. The van der Waals surface area contributed by atoms with Gasteiger partial charge in [0.1, 0.15) is 5.15 Å². The molecule has 0 radical (unpaired) electrons. The quantitative estimate of drug-likeness (QED) is 0.478. The largest absolute Gasteiger partial charge is 0.472 e. The summed E-state index contributed by atoms with van der Waals surface area (Å²) >= 11 is 5.70. The molecule has 5 nitrogen and oxygen atoms in total. The van der Waals surface area contributed by atoms with Gasteiger partial charge in [-0.1, -0.05) is 41.9 Å². The topological polar surface area (TPSA) is 65.3 Å². The van der Waals surface area contributed by atoms with Crippen molar-refractivity contribution in [3.8, 4) is 5.88 Å². The summed E-state index contributed by atoms with van der Waals surface area (Å²) < 4.78 is 5.35. The number of halogens is 1. The van der Waals surface area contributed by atoms with Crippen LogP contribution in [0.1, 0.15) is 5.56 Å². The van der Waals surface area contributed by atoms with E-state index in [-0.39, 0.29) is 16.7 Å². The lowest BCUT2D eigenvalue weighted by Gasteiger charge is -2.06. The number of nitrogens with zero attached hydrogens (tertiary/aromatic N) is 2. The number of nitro groups is 1. The average molecular weight is 279 g/mol. The zero-order valence-electron chi connectivity index (χ0n) is 9.95. The first-order chi connectivity index (χ1) is 9.16. The van der Waals surface area contributed by atoms with Gasteiger partial charge < -0.3 is 4.74 Å². The van der Waals surface area contributed by atoms with E-state index in [1.54, 1.807) is 0 Å². The zero-order chi connectivity index (χ0) is 13.7. The Kier molecular flexibility index (Phi) is 4.30. The molecular formula is C13H11ClN2O3. The molecule has 98 valence electrons. The van der Waals surface area contributed by atoms with Crippen molar-refractivity contribution >= 4 is 17.3 Å². The molecule has 0 bridgehead atoms. The Morgan fingerprint density at radius 2 is 1.95 bits per heavy atom. The molecule has 0 aliphatic rings. The van der Waals surface area contributed by atoms with Gasteiger partial charge in [-0.05, 0) is 11.6 Å². The van der Waals surface area contributed by atoms with Crippen LogP contribution in [0.2, 0.25) is 5.15 Å². The number of hydrogen-bond acceptors (Lipinski definition) is 4. The maximum absolute atomic E-state index is 10.8. The lowest BCUT2D eigenvalue weighted by molar-refractivity contribution is -0.386. The standard InChI is InChI=1S/C13H11ClN2O3/c14-12-7-6-11(16(17)18)13(15-12)19-9-8-10-4-2-1-3-5-10/h1-7H,8-9H2. The van der Waals surface area contributed by atoms with Crippen molar-refractivity contribution in [3.05, 3.63) is 63.3 Å². The molecule has 0 amide bonds. The molecule has 0 aliphatic carbocycles. The third-order valence-electron chi connectivity index (χ3n) is 2.48. The van der Waals surface area contributed by atoms with Crippen LogP contribution in [0.5, 0.6) is 5.88 Å². The van der Waals surface area contributed by atoms with Crippen LogP contribution < -0.4 is 4.74 Å². The van der Waals surface area contributed by atoms with Gasteiger partial charge in [0, 0.05) is 12.5 Å². The maximum atomic E-state index is 10.8. The minimum atomic E-state index is -0.540. The molecule has 0 spiro atoms. The van der Waals surface area contributed by atoms with Crippen LogP contribution in [-0.2, 0) is 6.42 Å². The molecule has 0 saturated carbocycles. The summed E-state index contributed by atoms with van der Waals surface area (Å²) in [6, 6.07) is 12.3. The van der Waals surface area contributed by atoms with Crippen molar-refractivity contribution in [1.82, 2.24) is 4.98 Å². The van der Waals surface area contributed by atoms with Gasteiger partial charge in [-0.15, -0.1) is 0 Å². The van der Waals surface area contributed by atoms with Gasteiger partial charge in [0.15, 0.2) is 0 Å². The van der Waals surface area contributed by atoms with E-state index in [1.165, 1.54) is 12.1 Å². The molecule has 0 N–H and O–H groups in total. The molecule has 2 rings (SSSR count). The monoisotopic (exact) mass is 278 g/mol. The van der Waals surface area contributed by atoms with Crippen molar-refractivity contribution in [2.24, 2.45) is 0 Å². The van der Waals surface area contributed by atoms with Crippen LogP contribution in [0, 0.1) is 10.1 Å². The molecule has 0 unspecified atom stereocenters. The molecule has 2 aromatic rings. The third kappa shape index (κ3) is 3.66. The molecule has 1 aromatic carbocycles. The van der Waals surface area contributed by atoms with Crippen molar-refractivity contribution in [2.75, 3.05) is 6.61 Å². The molecule has 0 aliphatic heterocycles. The van der Waals surface area contributed by atoms with Crippen molar-refractivity contribution in [1.29, 1.82) is 0 Å². The summed E-state index contributed by atoms with van der Waals surface area (Å²) in [6.45, 7) is 0.304. The second kappa shape index (κ2) is 6.15. The van der Waals surface area contributed by atoms with Gasteiger partial charge in [-0.2, -0.15) is 4.98 Å². The van der Waals surface area contributed by atoms with Crippen molar-refractivity contribution < 1.29 is 9.66 Å². The van der Waals surface area contributed by atoms with Gasteiger partial charge in [-0.3, -0.25) is 10.1 Å². The summed E-state index contributed by atoms with van der Waals surface area (Å²) in [4.78, 5) is 14.1. The smallest absolute Gasteiger partial charge is 0.331 e. The molecule has 1 aromatic heterocycles. The van der Waals surface area contributed by atoms with Gasteiger partial charge in [0.05, 0.1) is 11.5 Å². The van der Waals surface area contributed by atoms with Crippen LogP contribution in [0.4, 0.5) is 5.69 Å². The number of aromatic nitrogens is 1. The van der Waals surface area contributed by atoms with Gasteiger partial charge in [0.2, 0.25) is 0 Å². The maximum Gasteiger partial charge on any atom is 0.331 e. The predicted molar refractivity (Wildman–Crippen MR) is 71.5 cm³/mol. The Morgan fingerprint density at radius 1 is 1.21 bits per heavy atom. The Labute approximate surface area is 115 Å². The second-order valence-corrected chi connectivity index (χ2v) is 4.19. The molecule has 0 fully saturated rings. The minimum absolute atomic E-state index is 0.0477. The summed E-state index contributed by atoms with van der Waals surface area (Å²) in [5.74, 6) is -0.0477. The Bertz CT molecular complexity index is 575. The van der Waals surface area contributed by atoms with E-state index in [0.717, 1.165) is 5.56 Å². The van der Waals surface area contributed by atoms with E-state index >= 15 is 0 Å². The summed E-state index contributed by atoms with van der Waals surface area (Å²) in [5.41, 5.74) is 0.907. The molecule has 19 heavy (non-hydrogen) atoms. The third-order valence-corrected chi connectivity index (χ3v) is 2.69. The summed E-state index contributed by atoms with van der Waals surface area (Å²) in [7, 11) is 0. The van der Waals surface area contributed by atoms with Crippen LogP contribution in [0.3, 0.4) is 0 Å². The van der Waals surface area contributed by atoms with E-state index in [4.69, 9.17) is 16.3 Å². The highest BCUT2D eigenvalue weighted by Crippen LogP contribution is 2.26. The highest BCUT2D eigenvalue weighted by molar-refractivity contribution is 6.29. The highest BCUT2D eigenvalue weighted by Gasteiger charge is 2.17. The first kappa shape index (κ1) is 13.3. The fraction of sp³-hybridized carbons (Fsp3) is 0.154. The SMILES string of the molecule is O=[N+]([O-])c1ccc(Cl)nc1OCCc1ccccc1. The molecular weight excluding hydrogens is 268 g/mol. The van der Waals surface area contributed by atoms with Gasteiger partial charge in [0.25, 0.3) is 5.88 Å². The summed E-state index contributed by atoms with van der Waals surface area (Å²) in [5, 5.41) is 11.0. The van der Waals surface area contributed by atoms with Crippen LogP contribution in [0.15, 0.2) is 42.5 Å². The lowest BCUT2D eigenvalue weighted by Crippen LogP contribution is -2.05. The highest BCUT2D eigenvalue weighted by atomic mass is 35.5. The molecule has 6 heteroatoms. The molecule has 1 heterocycles. The number of hydrogen-bond donors (Lipinski definition) is 0. The van der Waals surface area contributed by atoms with Crippen LogP contribution >= 0.6 is 11.6 Å². The second-order valence-electron chi connectivity index (χ2n) is 3.80. The number of ether oxygens (including phenoxy) is 1. The van der Waals surface area contributed by atoms with Gasteiger partial charge >= 0.3 is 5.69 Å². The molecule has 0 saturated heterocycles. The first-order valence-corrected chi connectivity index (χ1v) is 6.02. The fourth-order valence-electron chi connectivity index (χ4n) is 1.57. The Hall–Kier alpha value is -2.14. The Morgan fingerprint density at radius 3 is 2.63 bits per heavy atom. The first-order valence-electron chi connectivity index (χ1n) is 5.64. The number of rotatable bonds is 5. The molecule has 0 atom stereocenters. The Balaban J connectivity index is 2.03. The average Bonchev–Trinajstić information content (AvgIpc) is 2.39. The van der Waals surface area contributed by atoms with Crippen LogP contribution in [-0.4, -0.2) is 16.5 Å². The number of pyridine rings is 1. The lowest BCUT2D eigenvalue weighted by atomic mass is 10.2. The van der Waals surface area contributed by atoms with Crippen molar-refractivity contribution in [2.45, 2.75) is 6.42 Å². The predicted octanol–water partition coefficient (Wildman–Crippen LogP) is 3.26. The van der Waals surface area contributed by atoms with E-state index < -0.39 is 4.92 Å². The zero-order valence-corrected chi connectivity index (χ0v) is 10.7. The normalized spacial score (nSPS) is 10.2. The number of benzene rings is 1. The fourth-order valence-corrected chi connectivity index (χ4v) is 1.71.